The molecule has 4 rings (SSSR count). The zero-order chi connectivity index (χ0) is 21.5. The molecule has 1 fully saturated rings. The first kappa shape index (κ1) is 21.4. The molecule has 0 saturated carbocycles. The Morgan fingerprint density at radius 2 is 2.13 bits per heavy atom. The van der Waals surface area contributed by atoms with Crippen LogP contribution in [0.5, 0.6) is 0 Å². The smallest absolute Gasteiger partial charge is 0.253 e. The third-order valence-electron chi connectivity index (χ3n) is 5.63. The fraction of sp³-hybridized carbons (Fsp3) is 0.474. The van der Waals surface area contributed by atoms with Gasteiger partial charge in [-0.05, 0) is 42.8 Å². The number of anilines is 1. The second-order valence-electron chi connectivity index (χ2n) is 7.39. The molecule has 0 aromatic carbocycles. The summed E-state index contributed by atoms with van der Waals surface area (Å²) in [7, 11) is -3.73. The van der Waals surface area contributed by atoms with Crippen molar-refractivity contribution in [1.82, 2.24) is 9.21 Å². The molecule has 2 aliphatic heterocycles. The topological polar surface area (TPSA) is 113 Å². The number of carbonyl (C=O) groups is 2. The number of nitrogens with two attached hydrogens (primary N) is 1. The molecule has 11 heteroatoms. The number of thiophene rings is 2. The molecule has 8 nitrogen and oxygen atoms in total. The zero-order valence-electron chi connectivity index (χ0n) is 16.6. The summed E-state index contributed by atoms with van der Waals surface area (Å²) in [6.07, 6.45) is 1.75. The van der Waals surface area contributed by atoms with Crippen LogP contribution in [-0.4, -0.2) is 55.1 Å². The van der Waals surface area contributed by atoms with E-state index in [1.807, 2.05) is 0 Å². The first-order valence-corrected chi connectivity index (χ1v) is 13.0. The van der Waals surface area contributed by atoms with Gasteiger partial charge in [-0.3, -0.25) is 14.5 Å². The van der Waals surface area contributed by atoms with Crippen molar-refractivity contribution < 1.29 is 18.0 Å². The van der Waals surface area contributed by atoms with Gasteiger partial charge in [-0.2, -0.15) is 4.31 Å². The van der Waals surface area contributed by atoms with Crippen LogP contribution in [0.1, 0.15) is 40.6 Å². The fourth-order valence-corrected chi connectivity index (χ4v) is 8.16. The Morgan fingerprint density at radius 3 is 2.80 bits per heavy atom. The molecule has 0 aliphatic carbocycles. The molecule has 3 N–H and O–H groups in total. The Bertz CT molecular complexity index is 1060. The van der Waals surface area contributed by atoms with Gasteiger partial charge in [0.1, 0.15) is 15.3 Å². The molecule has 1 saturated heterocycles. The van der Waals surface area contributed by atoms with Gasteiger partial charge >= 0.3 is 0 Å². The fourth-order valence-electron chi connectivity index (χ4n) is 4.09. The van der Waals surface area contributed by atoms with E-state index in [0.717, 1.165) is 41.4 Å². The van der Waals surface area contributed by atoms with Crippen molar-refractivity contribution in [2.24, 2.45) is 5.73 Å². The maximum absolute atomic E-state index is 13.1. The van der Waals surface area contributed by atoms with Gasteiger partial charge in [0.2, 0.25) is 5.91 Å². The van der Waals surface area contributed by atoms with Gasteiger partial charge in [0.15, 0.2) is 0 Å². The molecule has 0 spiro atoms. The number of hydrogen-bond acceptors (Lipinski definition) is 7. The van der Waals surface area contributed by atoms with Crippen molar-refractivity contribution in [2.75, 3.05) is 25.0 Å². The van der Waals surface area contributed by atoms with Crippen LogP contribution in [0.25, 0.3) is 0 Å². The lowest BCUT2D eigenvalue weighted by Crippen LogP contribution is -2.43. The average molecular weight is 469 g/mol. The monoisotopic (exact) mass is 468 g/mol. The minimum absolute atomic E-state index is 0.228. The van der Waals surface area contributed by atoms with Crippen LogP contribution in [0.2, 0.25) is 0 Å². The van der Waals surface area contributed by atoms with Crippen LogP contribution in [0.3, 0.4) is 0 Å². The van der Waals surface area contributed by atoms with Gasteiger partial charge in [0, 0.05) is 24.5 Å². The molecule has 2 amide bonds. The number of carbonyl (C=O) groups excluding carboxylic acids is 2. The Morgan fingerprint density at radius 1 is 1.33 bits per heavy atom. The minimum Gasteiger partial charge on any atom is -0.365 e. The maximum Gasteiger partial charge on any atom is 0.253 e. The van der Waals surface area contributed by atoms with Gasteiger partial charge in [0.05, 0.1) is 5.56 Å². The molecule has 0 bridgehead atoms. The predicted molar refractivity (Wildman–Crippen MR) is 117 cm³/mol. The van der Waals surface area contributed by atoms with E-state index < -0.39 is 27.9 Å². The van der Waals surface area contributed by atoms with Crippen LogP contribution in [0.4, 0.5) is 5.00 Å². The molecule has 2 aromatic rings. The molecule has 2 aromatic heterocycles. The van der Waals surface area contributed by atoms with E-state index in [0.29, 0.717) is 36.4 Å². The predicted octanol–water partition coefficient (Wildman–Crippen LogP) is 2.08. The van der Waals surface area contributed by atoms with Crippen molar-refractivity contribution >= 4 is 49.5 Å². The number of amides is 2. The summed E-state index contributed by atoms with van der Waals surface area (Å²) in [5, 5.41) is 4.96. The van der Waals surface area contributed by atoms with E-state index in [-0.39, 0.29) is 4.21 Å². The Balaban J connectivity index is 1.59. The number of nitrogens with zero attached hydrogens (tertiary/aromatic N) is 2. The highest BCUT2D eigenvalue weighted by Crippen LogP contribution is 2.37. The van der Waals surface area contributed by atoms with E-state index in [4.69, 9.17) is 5.73 Å². The van der Waals surface area contributed by atoms with E-state index in [1.165, 1.54) is 15.6 Å². The molecule has 0 radical (unpaired) electrons. The lowest BCUT2D eigenvalue weighted by molar-refractivity contribution is -0.119. The number of rotatable bonds is 6. The van der Waals surface area contributed by atoms with E-state index in [2.05, 4.69) is 17.1 Å². The highest BCUT2D eigenvalue weighted by atomic mass is 32.2. The SMILES string of the molecule is CCN1CCc2c(sc(NC(=O)C3CCCN3S(=O)(=O)c3cccs3)c2C(N)=O)C1. The normalized spacial score (nSPS) is 20.2. The van der Waals surface area contributed by atoms with Crippen LogP contribution >= 0.6 is 22.7 Å². The first-order valence-electron chi connectivity index (χ1n) is 9.85. The molecular formula is C19H24N4O4S3. The number of likely N-dealkylation sites (N-methyl/N-ethyl adjacent to an activating group) is 1. The second kappa shape index (κ2) is 8.39. The lowest BCUT2D eigenvalue weighted by Gasteiger charge is -2.25. The molecule has 1 unspecified atom stereocenters. The van der Waals surface area contributed by atoms with Gasteiger partial charge < -0.3 is 11.1 Å². The van der Waals surface area contributed by atoms with E-state index in [9.17, 15) is 18.0 Å². The third-order valence-corrected chi connectivity index (χ3v) is 10.0. The van der Waals surface area contributed by atoms with Gasteiger partial charge in [-0.15, -0.1) is 22.7 Å². The van der Waals surface area contributed by atoms with Crippen molar-refractivity contribution in [3.05, 3.63) is 33.5 Å². The quantitative estimate of drug-likeness (QED) is 0.674. The Hall–Kier alpha value is -1.79. The van der Waals surface area contributed by atoms with Crippen LogP contribution < -0.4 is 11.1 Å². The summed E-state index contributed by atoms with van der Waals surface area (Å²) in [6.45, 7) is 4.84. The highest BCUT2D eigenvalue weighted by molar-refractivity contribution is 7.91. The standard InChI is InChI=1S/C19H24N4O4S3/c1-2-22-9-7-12-14(11-22)29-19(16(12)17(20)24)21-18(25)13-5-3-8-23(13)30(26,27)15-6-4-10-28-15/h4,6,10,13H,2-3,5,7-9,11H2,1H3,(H2,20,24)(H,21,25). The Labute approximate surface area is 183 Å². The van der Waals surface area contributed by atoms with Crippen LogP contribution in [0.15, 0.2) is 21.7 Å². The van der Waals surface area contributed by atoms with E-state index >= 15 is 0 Å². The number of sulfonamides is 1. The summed E-state index contributed by atoms with van der Waals surface area (Å²) in [4.78, 5) is 28.5. The third kappa shape index (κ3) is 3.80. The van der Waals surface area contributed by atoms with Crippen molar-refractivity contribution in [3.63, 3.8) is 0 Å². The highest BCUT2D eigenvalue weighted by Gasteiger charge is 2.40. The summed E-state index contributed by atoms with van der Waals surface area (Å²) < 4.78 is 27.4. The van der Waals surface area contributed by atoms with Crippen LogP contribution in [-0.2, 0) is 27.8 Å². The molecule has 30 heavy (non-hydrogen) atoms. The number of hydrogen-bond donors (Lipinski definition) is 2. The zero-order valence-corrected chi connectivity index (χ0v) is 19.0. The second-order valence-corrected chi connectivity index (χ2v) is 11.6. The van der Waals surface area contributed by atoms with Crippen molar-refractivity contribution in [3.8, 4) is 0 Å². The van der Waals surface area contributed by atoms with Gasteiger partial charge in [-0.1, -0.05) is 13.0 Å². The molecular weight excluding hydrogens is 444 g/mol. The average Bonchev–Trinajstić information content (AvgIpc) is 3.45. The summed E-state index contributed by atoms with van der Waals surface area (Å²) in [5.41, 5.74) is 6.91. The first-order chi connectivity index (χ1) is 14.3. The van der Waals surface area contributed by atoms with Crippen molar-refractivity contribution in [1.29, 1.82) is 0 Å². The van der Waals surface area contributed by atoms with E-state index in [1.54, 1.807) is 17.5 Å². The van der Waals surface area contributed by atoms with Crippen molar-refractivity contribution in [2.45, 2.75) is 43.0 Å². The summed E-state index contributed by atoms with van der Waals surface area (Å²) in [5.74, 6) is -0.983. The Kier molecular flexibility index (Phi) is 5.99. The summed E-state index contributed by atoms with van der Waals surface area (Å²) >= 11 is 2.50. The van der Waals surface area contributed by atoms with Gasteiger partial charge in [-0.25, -0.2) is 8.42 Å². The molecule has 2 aliphatic rings. The van der Waals surface area contributed by atoms with Crippen LogP contribution in [0, 0.1) is 0 Å². The molecule has 1 atom stereocenters. The largest absolute Gasteiger partial charge is 0.365 e. The molecule has 4 heterocycles. The van der Waals surface area contributed by atoms with Gasteiger partial charge in [0.25, 0.3) is 15.9 Å². The maximum atomic E-state index is 13.1. The number of nitrogens with one attached hydrogen (secondary N) is 1. The lowest BCUT2D eigenvalue weighted by atomic mass is 10.0. The molecule has 162 valence electrons. The number of primary amides is 1. The minimum atomic E-state index is -3.73. The number of fused-ring (bicyclic) bond motifs is 1. The summed E-state index contributed by atoms with van der Waals surface area (Å²) in [6, 6.07) is 2.42.